The Morgan fingerprint density at radius 1 is 1.06 bits per heavy atom. The average molecular weight is 474 g/mol. The fourth-order valence-electron chi connectivity index (χ4n) is 3.67. The molecule has 1 fully saturated rings. The van der Waals surface area contributed by atoms with Crippen LogP contribution in [0, 0.1) is 0 Å². The molecule has 0 bridgehead atoms. The van der Waals surface area contributed by atoms with Gasteiger partial charge in [-0.25, -0.2) is 4.79 Å². The van der Waals surface area contributed by atoms with Crippen molar-refractivity contribution in [2.75, 3.05) is 6.54 Å². The number of amides is 2. The van der Waals surface area contributed by atoms with Gasteiger partial charge in [-0.3, -0.25) is 23.9 Å². The maximum atomic E-state index is 13.1. The summed E-state index contributed by atoms with van der Waals surface area (Å²) in [6.45, 7) is -1.47. The molecule has 178 valence electrons. The van der Waals surface area contributed by atoms with Gasteiger partial charge in [0.1, 0.15) is 13.1 Å². The zero-order valence-corrected chi connectivity index (χ0v) is 17.9. The van der Waals surface area contributed by atoms with Gasteiger partial charge in [-0.05, 0) is 42.7 Å². The predicted molar refractivity (Wildman–Crippen MR) is 117 cm³/mol. The van der Waals surface area contributed by atoms with Gasteiger partial charge >= 0.3 is 11.9 Å². The van der Waals surface area contributed by atoms with Crippen LogP contribution in [0.1, 0.15) is 28.8 Å². The van der Waals surface area contributed by atoms with Crippen LogP contribution >= 0.6 is 0 Å². The van der Waals surface area contributed by atoms with E-state index in [0.717, 1.165) is 12.8 Å². The van der Waals surface area contributed by atoms with Crippen molar-refractivity contribution in [2.24, 2.45) is 0 Å². The van der Waals surface area contributed by atoms with Gasteiger partial charge in [0, 0.05) is 18.2 Å². The number of para-hydroxylation sites is 1. The number of alkyl halides is 3. The Morgan fingerprint density at radius 3 is 2.38 bits per heavy atom. The summed E-state index contributed by atoms with van der Waals surface area (Å²) in [4.78, 5) is 53.3. The van der Waals surface area contributed by atoms with Crippen LogP contribution in [0.15, 0.2) is 58.1 Å². The number of fused-ring (bicyclic) bond motifs is 1. The summed E-state index contributed by atoms with van der Waals surface area (Å²) >= 11 is 0. The van der Waals surface area contributed by atoms with Gasteiger partial charge in [-0.15, -0.1) is 0 Å². The molecular weight excluding hydrogens is 453 g/mol. The third-order valence-corrected chi connectivity index (χ3v) is 5.52. The second-order valence-electron chi connectivity index (χ2n) is 8.11. The molecule has 1 aromatic heterocycles. The normalized spacial score (nSPS) is 13.6. The summed E-state index contributed by atoms with van der Waals surface area (Å²) in [6, 6.07) is 12.5. The number of aromatic amines is 1. The van der Waals surface area contributed by atoms with Gasteiger partial charge in [0.05, 0.1) is 10.9 Å². The maximum absolute atomic E-state index is 13.1. The van der Waals surface area contributed by atoms with Crippen LogP contribution < -0.4 is 16.6 Å². The van der Waals surface area contributed by atoms with Crippen LogP contribution in [-0.2, 0) is 17.9 Å². The molecule has 2 aromatic carbocycles. The van der Waals surface area contributed by atoms with E-state index in [4.69, 9.17) is 0 Å². The highest BCUT2D eigenvalue weighted by atomic mass is 19.4. The molecule has 2 N–H and O–H groups in total. The fraction of sp³-hybridized carbons (Fsp3) is 0.304. The molecule has 1 saturated carbocycles. The molecule has 1 aliphatic carbocycles. The minimum absolute atomic E-state index is 0.00647. The lowest BCUT2D eigenvalue weighted by molar-refractivity contribution is -0.133. The van der Waals surface area contributed by atoms with Crippen molar-refractivity contribution in [1.29, 1.82) is 0 Å². The molecule has 1 heterocycles. The van der Waals surface area contributed by atoms with Crippen molar-refractivity contribution >= 4 is 22.7 Å². The Morgan fingerprint density at radius 2 is 1.74 bits per heavy atom. The largest absolute Gasteiger partial charge is 0.405 e. The number of carbonyl (C=O) groups is 2. The number of halogens is 3. The number of hydrogen-bond donors (Lipinski definition) is 2. The highest BCUT2D eigenvalue weighted by molar-refractivity contribution is 5.94. The van der Waals surface area contributed by atoms with Crippen LogP contribution in [0.2, 0.25) is 0 Å². The first-order valence-electron chi connectivity index (χ1n) is 10.6. The molecule has 4 rings (SSSR count). The maximum Gasteiger partial charge on any atom is 0.405 e. The zero-order chi connectivity index (χ0) is 24.5. The first kappa shape index (κ1) is 23.3. The lowest BCUT2D eigenvalue weighted by Gasteiger charge is -2.23. The summed E-state index contributed by atoms with van der Waals surface area (Å²) < 4.78 is 38.1. The molecule has 11 heteroatoms. The Bertz CT molecular complexity index is 1340. The van der Waals surface area contributed by atoms with Crippen molar-refractivity contribution in [3.05, 3.63) is 80.5 Å². The number of nitrogens with one attached hydrogen (secondary N) is 2. The van der Waals surface area contributed by atoms with E-state index in [2.05, 4.69) is 4.98 Å². The molecule has 0 aliphatic heterocycles. The standard InChI is InChI=1S/C23H21F3N4O4/c24-23(25,26)13-27-20(32)15-7-5-14(6-8-15)11-29(16-9-10-16)19(31)12-30-18-4-2-1-3-17(18)21(33)28-22(30)34/h1-8,16H,9-13H2,(H,27,32)(H,28,33,34). The number of H-pyrrole nitrogens is 1. The van der Waals surface area contributed by atoms with E-state index in [1.54, 1.807) is 41.3 Å². The molecular formula is C23H21F3N4O4. The lowest BCUT2D eigenvalue weighted by Crippen LogP contribution is -2.39. The van der Waals surface area contributed by atoms with Crippen LogP contribution in [0.4, 0.5) is 13.2 Å². The Labute approximate surface area is 191 Å². The first-order valence-corrected chi connectivity index (χ1v) is 10.6. The molecule has 0 unspecified atom stereocenters. The van der Waals surface area contributed by atoms with Gasteiger partial charge in [-0.2, -0.15) is 13.2 Å². The van der Waals surface area contributed by atoms with Crippen molar-refractivity contribution in [3.63, 3.8) is 0 Å². The molecule has 34 heavy (non-hydrogen) atoms. The van der Waals surface area contributed by atoms with Gasteiger partial charge in [-0.1, -0.05) is 24.3 Å². The van der Waals surface area contributed by atoms with Crippen LogP contribution in [-0.4, -0.2) is 45.0 Å². The average Bonchev–Trinajstić information content (AvgIpc) is 3.63. The third kappa shape index (κ3) is 5.36. The lowest BCUT2D eigenvalue weighted by atomic mass is 10.1. The van der Waals surface area contributed by atoms with E-state index in [1.807, 2.05) is 5.32 Å². The smallest absolute Gasteiger partial charge is 0.343 e. The number of carbonyl (C=O) groups excluding carboxylic acids is 2. The van der Waals surface area contributed by atoms with Gasteiger partial charge in [0.2, 0.25) is 5.91 Å². The summed E-state index contributed by atoms with van der Waals surface area (Å²) in [5.41, 5.74) is -0.0887. The van der Waals surface area contributed by atoms with E-state index in [1.165, 1.54) is 16.7 Å². The molecule has 0 radical (unpaired) electrons. The number of hydrogen-bond acceptors (Lipinski definition) is 4. The molecule has 2 amide bonds. The number of rotatable bonds is 7. The van der Waals surface area contributed by atoms with Crippen molar-refractivity contribution in [2.45, 2.75) is 38.1 Å². The zero-order valence-electron chi connectivity index (χ0n) is 17.9. The highest BCUT2D eigenvalue weighted by Crippen LogP contribution is 2.29. The van der Waals surface area contributed by atoms with Gasteiger partial charge in [0.25, 0.3) is 11.5 Å². The molecule has 0 atom stereocenters. The van der Waals surface area contributed by atoms with E-state index in [0.29, 0.717) is 16.5 Å². The fourth-order valence-corrected chi connectivity index (χ4v) is 3.67. The Balaban J connectivity index is 1.49. The minimum atomic E-state index is -4.50. The predicted octanol–water partition coefficient (Wildman–Crippen LogP) is 2.17. The van der Waals surface area contributed by atoms with Crippen molar-refractivity contribution in [1.82, 2.24) is 19.8 Å². The third-order valence-electron chi connectivity index (χ3n) is 5.52. The van der Waals surface area contributed by atoms with E-state index in [-0.39, 0.29) is 30.6 Å². The molecule has 8 nitrogen and oxygen atoms in total. The summed E-state index contributed by atoms with van der Waals surface area (Å²) in [7, 11) is 0. The number of benzene rings is 2. The van der Waals surface area contributed by atoms with Crippen molar-refractivity contribution in [3.8, 4) is 0 Å². The molecule has 1 aliphatic rings. The first-order chi connectivity index (χ1) is 16.1. The van der Waals surface area contributed by atoms with Crippen LogP contribution in [0.25, 0.3) is 10.9 Å². The van der Waals surface area contributed by atoms with E-state index in [9.17, 15) is 32.3 Å². The highest BCUT2D eigenvalue weighted by Gasteiger charge is 2.33. The van der Waals surface area contributed by atoms with Crippen molar-refractivity contribution < 1.29 is 22.8 Å². The topological polar surface area (TPSA) is 104 Å². The molecule has 0 spiro atoms. The van der Waals surface area contributed by atoms with Gasteiger partial charge < -0.3 is 10.2 Å². The number of nitrogens with zero attached hydrogens (tertiary/aromatic N) is 2. The Hall–Kier alpha value is -3.89. The van der Waals surface area contributed by atoms with E-state index < -0.39 is 29.9 Å². The monoisotopic (exact) mass is 474 g/mol. The minimum Gasteiger partial charge on any atom is -0.343 e. The summed E-state index contributed by atoms with van der Waals surface area (Å²) in [5, 5.41) is 2.11. The number of aromatic nitrogens is 2. The van der Waals surface area contributed by atoms with E-state index >= 15 is 0 Å². The quantitative estimate of drug-likeness (QED) is 0.548. The summed E-state index contributed by atoms with van der Waals surface area (Å²) in [6.07, 6.45) is -2.88. The molecule has 0 saturated heterocycles. The van der Waals surface area contributed by atoms with Crippen LogP contribution in [0.3, 0.4) is 0 Å². The summed E-state index contributed by atoms with van der Waals surface area (Å²) in [5.74, 6) is -1.16. The second kappa shape index (κ2) is 9.16. The van der Waals surface area contributed by atoms with Crippen LogP contribution in [0.5, 0.6) is 0 Å². The Kier molecular flexibility index (Phi) is 6.27. The molecule has 3 aromatic rings. The van der Waals surface area contributed by atoms with Gasteiger partial charge in [0.15, 0.2) is 0 Å². The SMILES string of the molecule is O=C(NCC(F)(F)F)c1ccc(CN(C(=O)Cn2c(=O)[nH]c(=O)c3ccccc32)C2CC2)cc1. The second-order valence-corrected chi connectivity index (χ2v) is 8.11.